The van der Waals surface area contributed by atoms with E-state index in [4.69, 9.17) is 34.4 Å². The van der Waals surface area contributed by atoms with Gasteiger partial charge in [0.1, 0.15) is 66.5 Å². The molecule has 12 unspecified atom stereocenters. The van der Waals surface area contributed by atoms with E-state index in [-0.39, 0.29) is 63.5 Å². The number of unbranched alkanes of at least 4 members (excludes halogenated alkanes) is 1. The number of aliphatic hydroxyl groups is 2. The fourth-order valence-electron chi connectivity index (χ4n) is 9.36. The second kappa shape index (κ2) is 43.3. The Hall–Kier alpha value is -9.87. The van der Waals surface area contributed by atoms with Crippen molar-refractivity contribution in [3.05, 3.63) is 71.8 Å². The Labute approximate surface area is 562 Å². The second-order valence-electron chi connectivity index (χ2n) is 23.9. The van der Waals surface area contributed by atoms with Crippen molar-refractivity contribution in [3.8, 4) is 0 Å². The van der Waals surface area contributed by atoms with Gasteiger partial charge in [0.15, 0.2) is 5.96 Å². The number of carbonyl (C=O) groups excluding carboxylic acids is 14. The standard InChI is InChI=1S/C62H99N19O16/c1-32(2)25-42(77-53(89)35(6)71-60(96)49(33(3)4)80-58(94)44(28-46(65)84)78-55(91)40(21-14-15-23-63)76-57(93)43(74-47(85)29-64)27-38-19-12-9-13-20-38)56(92)79-45(31-82)59(95)81-50(36(7)83)61(97)72-34(5)52(88)75-39(22-16-24-69-62(67)68)54(90)70-30-48(86)73-41(51(66)87)26-37-17-10-8-11-18-37/h8-13,17-20,32-36,39-45,49-50,82-83H,14-16,21-31,63-64H2,1-7H3,(H2,65,84)(H2,66,87)(H,70,90)(H,71,96)(H,72,97)(H,73,86)(H,74,85)(H,75,88)(H,76,93)(H,77,89)(H,78,91)(H,79,92)(H,80,94)(H,81,95)(H4,67,68,69). The van der Waals surface area contributed by atoms with Crippen LogP contribution in [0.3, 0.4) is 0 Å². The number of carbonyl (C=O) groups is 14. The highest BCUT2D eigenvalue weighted by molar-refractivity contribution is 6.00. The Morgan fingerprint density at radius 2 is 0.897 bits per heavy atom. The number of aliphatic hydroxyl groups excluding tert-OH is 2. The highest BCUT2D eigenvalue weighted by Gasteiger charge is 2.37. The molecule has 0 spiro atoms. The first-order valence-corrected chi connectivity index (χ1v) is 31.7. The smallest absolute Gasteiger partial charge is 0.245 e. The zero-order chi connectivity index (χ0) is 73.1. The van der Waals surface area contributed by atoms with Crippen LogP contribution < -0.4 is 98.2 Å². The molecule has 0 aromatic heterocycles. The quantitative estimate of drug-likeness (QED) is 0.0166. The van der Waals surface area contributed by atoms with Crippen molar-refractivity contribution in [1.29, 1.82) is 0 Å². The van der Waals surface area contributed by atoms with Crippen molar-refractivity contribution in [2.75, 3.05) is 32.8 Å². The van der Waals surface area contributed by atoms with Gasteiger partial charge in [0.2, 0.25) is 82.7 Å². The van der Waals surface area contributed by atoms with E-state index in [0.717, 1.165) is 6.92 Å². The summed E-state index contributed by atoms with van der Waals surface area (Å²) in [5, 5.41) is 50.2. The van der Waals surface area contributed by atoms with E-state index in [2.05, 4.69) is 68.8 Å². The summed E-state index contributed by atoms with van der Waals surface area (Å²) in [6.45, 7) is 8.13. The number of amides is 14. The highest BCUT2D eigenvalue weighted by Crippen LogP contribution is 2.12. The largest absolute Gasteiger partial charge is 0.394 e. The van der Waals surface area contributed by atoms with Gasteiger partial charge in [-0.2, -0.15) is 0 Å². The Morgan fingerprint density at radius 1 is 0.454 bits per heavy atom. The van der Waals surface area contributed by atoms with E-state index in [1.54, 1.807) is 74.5 Å². The number of nitrogens with one attached hydrogen (secondary N) is 12. The fourth-order valence-corrected chi connectivity index (χ4v) is 9.36. The number of primary amides is 2. The summed E-state index contributed by atoms with van der Waals surface area (Å²) in [5.41, 5.74) is 34.4. The van der Waals surface area contributed by atoms with Crippen LogP contribution in [0.4, 0.5) is 0 Å². The lowest BCUT2D eigenvalue weighted by Crippen LogP contribution is -2.62. The summed E-state index contributed by atoms with van der Waals surface area (Å²) in [5.74, 6) is -14.4. The molecule has 0 heterocycles. The first-order chi connectivity index (χ1) is 45.7. The molecule has 0 aliphatic heterocycles. The van der Waals surface area contributed by atoms with E-state index < -0.39 is 187 Å². The number of hydrogen-bond donors (Lipinski definition) is 20. The molecular weight excluding hydrogens is 1270 g/mol. The molecule has 2 rings (SSSR count). The molecule has 0 saturated carbocycles. The highest BCUT2D eigenvalue weighted by atomic mass is 16.3. The molecule has 0 bridgehead atoms. The molecule has 14 amide bonds. The van der Waals surface area contributed by atoms with Crippen LogP contribution in [-0.4, -0.2) is 204 Å². The summed E-state index contributed by atoms with van der Waals surface area (Å²) in [4.78, 5) is 191. The van der Waals surface area contributed by atoms with E-state index in [1.165, 1.54) is 27.7 Å². The molecule has 0 radical (unpaired) electrons. The van der Waals surface area contributed by atoms with Gasteiger partial charge >= 0.3 is 0 Å². The number of guanidine groups is 1. The topological polar surface area (TPSA) is 592 Å². The third-order valence-corrected chi connectivity index (χ3v) is 14.7. The van der Waals surface area contributed by atoms with Gasteiger partial charge in [-0.05, 0) is 88.8 Å². The lowest BCUT2D eigenvalue weighted by atomic mass is 10.0. The van der Waals surface area contributed by atoms with E-state index in [1.807, 2.05) is 0 Å². The van der Waals surface area contributed by atoms with Crippen molar-refractivity contribution >= 4 is 88.7 Å². The number of benzene rings is 2. The van der Waals surface area contributed by atoms with Crippen molar-refractivity contribution in [2.45, 2.75) is 179 Å². The predicted molar refractivity (Wildman–Crippen MR) is 354 cm³/mol. The number of aliphatic imine (C=N–C) groups is 1. The fraction of sp³-hybridized carbons (Fsp3) is 0.565. The minimum Gasteiger partial charge on any atom is -0.394 e. The lowest BCUT2D eigenvalue weighted by molar-refractivity contribution is -0.137. The minimum atomic E-state index is -1.84. The molecule has 538 valence electrons. The molecule has 0 aliphatic carbocycles. The van der Waals surface area contributed by atoms with Crippen LogP contribution in [0.5, 0.6) is 0 Å². The molecule has 97 heavy (non-hydrogen) atoms. The van der Waals surface area contributed by atoms with Gasteiger partial charge in [0.05, 0.1) is 32.2 Å². The Kier molecular flexibility index (Phi) is 37.1. The van der Waals surface area contributed by atoms with Gasteiger partial charge in [0, 0.05) is 19.4 Å². The van der Waals surface area contributed by atoms with Crippen LogP contribution in [0.25, 0.3) is 0 Å². The van der Waals surface area contributed by atoms with E-state index in [9.17, 15) is 77.3 Å². The molecule has 0 saturated heterocycles. The SMILES string of the molecule is CC(C)CC(NC(=O)C(C)NC(=O)C(NC(=O)C(CC(N)=O)NC(=O)C(CCCCN)NC(=O)C(Cc1ccccc1)NC(=O)CN)C(C)C)C(=O)NC(CO)C(=O)NC(C(=O)NC(C)C(=O)NC(CCCN=C(N)N)C(=O)NCC(=O)NC(Cc1ccccc1)C(N)=O)C(C)O. The van der Waals surface area contributed by atoms with Crippen molar-refractivity contribution in [2.24, 2.45) is 51.2 Å². The van der Waals surface area contributed by atoms with Gasteiger partial charge in [-0.1, -0.05) is 88.4 Å². The second-order valence-corrected chi connectivity index (χ2v) is 23.9. The Balaban J connectivity index is 2.20. The van der Waals surface area contributed by atoms with Crippen LogP contribution in [-0.2, 0) is 80.0 Å². The van der Waals surface area contributed by atoms with E-state index in [0.29, 0.717) is 24.0 Å². The zero-order valence-corrected chi connectivity index (χ0v) is 55.8. The maximum atomic E-state index is 14.0. The molecular formula is C62H99N19O16. The minimum absolute atomic E-state index is 0.000520. The summed E-state index contributed by atoms with van der Waals surface area (Å²) in [7, 11) is 0. The van der Waals surface area contributed by atoms with Crippen molar-refractivity contribution < 1.29 is 77.3 Å². The summed E-state index contributed by atoms with van der Waals surface area (Å²) >= 11 is 0. The Bertz CT molecular complexity index is 3010. The maximum Gasteiger partial charge on any atom is 0.245 e. The Morgan fingerprint density at radius 3 is 1.39 bits per heavy atom. The summed E-state index contributed by atoms with van der Waals surface area (Å²) in [6.07, 6.45) is -1.66. The van der Waals surface area contributed by atoms with Crippen LogP contribution in [0.2, 0.25) is 0 Å². The maximum absolute atomic E-state index is 14.0. The number of rotatable bonds is 44. The summed E-state index contributed by atoms with van der Waals surface area (Å²) < 4.78 is 0. The molecule has 26 N–H and O–H groups in total. The van der Waals surface area contributed by atoms with Crippen molar-refractivity contribution in [1.82, 2.24) is 63.8 Å². The monoisotopic (exact) mass is 1370 g/mol. The number of nitrogens with zero attached hydrogens (tertiary/aromatic N) is 1. The van der Waals surface area contributed by atoms with Crippen LogP contribution in [0.15, 0.2) is 65.7 Å². The third kappa shape index (κ3) is 31.5. The molecule has 0 fully saturated rings. The number of hydrogen-bond acceptors (Lipinski definition) is 19. The van der Waals surface area contributed by atoms with Crippen molar-refractivity contribution in [3.63, 3.8) is 0 Å². The lowest BCUT2D eigenvalue weighted by Gasteiger charge is -2.28. The molecule has 35 heteroatoms. The molecule has 0 aliphatic rings. The first-order valence-electron chi connectivity index (χ1n) is 31.7. The molecule has 12 atom stereocenters. The average molecular weight is 1370 g/mol. The molecule has 2 aromatic rings. The third-order valence-electron chi connectivity index (χ3n) is 14.7. The van der Waals surface area contributed by atoms with Gasteiger partial charge in [0.25, 0.3) is 0 Å². The van der Waals surface area contributed by atoms with Gasteiger partial charge < -0.3 is 108 Å². The molecule has 35 nitrogen and oxygen atoms in total. The van der Waals surface area contributed by atoms with Gasteiger partial charge in [-0.3, -0.25) is 72.1 Å². The molecule has 2 aromatic carbocycles. The summed E-state index contributed by atoms with van der Waals surface area (Å²) in [6, 6.07) is 1.15. The normalized spacial score (nSPS) is 14.7. The van der Waals surface area contributed by atoms with Crippen LogP contribution in [0.1, 0.15) is 105 Å². The van der Waals surface area contributed by atoms with E-state index >= 15 is 0 Å². The first kappa shape index (κ1) is 83.2. The number of nitrogens with two attached hydrogens (primary N) is 6. The predicted octanol–water partition coefficient (Wildman–Crippen LogP) is -7.46. The zero-order valence-electron chi connectivity index (χ0n) is 55.8. The van der Waals surface area contributed by atoms with Gasteiger partial charge in [-0.15, -0.1) is 0 Å². The van der Waals surface area contributed by atoms with Crippen LogP contribution in [0, 0.1) is 11.8 Å². The van der Waals surface area contributed by atoms with Crippen LogP contribution >= 0.6 is 0 Å². The van der Waals surface area contributed by atoms with Gasteiger partial charge in [-0.25, -0.2) is 0 Å². The average Bonchev–Trinajstić information content (AvgIpc) is 1.09.